The molecular formula is C21H12F3N5O3. The summed E-state index contributed by atoms with van der Waals surface area (Å²) in [6, 6.07) is 7.93. The van der Waals surface area contributed by atoms with Crippen LogP contribution in [0.2, 0.25) is 0 Å². The zero-order valence-corrected chi connectivity index (χ0v) is 16.3. The number of halogens is 3. The summed E-state index contributed by atoms with van der Waals surface area (Å²) < 4.78 is 42.6. The van der Waals surface area contributed by atoms with E-state index in [-0.39, 0.29) is 16.8 Å². The summed E-state index contributed by atoms with van der Waals surface area (Å²) in [5.41, 5.74) is 1.89. The van der Waals surface area contributed by atoms with Gasteiger partial charge in [0.15, 0.2) is 5.65 Å². The average Bonchev–Trinajstić information content (AvgIpc) is 3.22. The molecule has 1 aliphatic heterocycles. The van der Waals surface area contributed by atoms with Gasteiger partial charge in [-0.05, 0) is 36.4 Å². The van der Waals surface area contributed by atoms with Gasteiger partial charge in [0.05, 0.1) is 22.2 Å². The number of benzene rings is 1. The van der Waals surface area contributed by atoms with Crippen LogP contribution in [0.25, 0.3) is 22.3 Å². The van der Waals surface area contributed by atoms with E-state index in [1.54, 1.807) is 31.6 Å². The normalized spacial score (nSPS) is 13.7. The van der Waals surface area contributed by atoms with Crippen molar-refractivity contribution >= 4 is 28.5 Å². The fraction of sp³-hybridized carbons (Fsp3) is 0.0952. The molecule has 0 bridgehead atoms. The number of amides is 2. The molecule has 1 aromatic carbocycles. The molecule has 3 aromatic heterocycles. The van der Waals surface area contributed by atoms with Gasteiger partial charge in [0.1, 0.15) is 11.4 Å². The van der Waals surface area contributed by atoms with Crippen molar-refractivity contribution in [2.24, 2.45) is 7.05 Å². The van der Waals surface area contributed by atoms with Crippen molar-refractivity contribution in [3.8, 4) is 17.0 Å². The minimum atomic E-state index is -4.85. The van der Waals surface area contributed by atoms with Crippen LogP contribution in [0, 0.1) is 0 Å². The van der Waals surface area contributed by atoms with E-state index in [0.717, 1.165) is 17.0 Å². The van der Waals surface area contributed by atoms with Crippen molar-refractivity contribution in [2.45, 2.75) is 6.36 Å². The van der Waals surface area contributed by atoms with Crippen LogP contribution in [0.4, 0.5) is 18.9 Å². The minimum absolute atomic E-state index is 0.0847. The molecule has 0 fully saturated rings. The Kier molecular flexibility index (Phi) is 4.22. The molecule has 2 amide bonds. The molecular weight excluding hydrogens is 427 g/mol. The van der Waals surface area contributed by atoms with Gasteiger partial charge in [0.2, 0.25) is 0 Å². The lowest BCUT2D eigenvalue weighted by molar-refractivity contribution is -0.274. The predicted molar refractivity (Wildman–Crippen MR) is 106 cm³/mol. The van der Waals surface area contributed by atoms with Crippen LogP contribution in [0.15, 0.2) is 55.0 Å². The van der Waals surface area contributed by atoms with Crippen LogP contribution in [-0.2, 0) is 7.05 Å². The van der Waals surface area contributed by atoms with Gasteiger partial charge >= 0.3 is 6.36 Å². The summed E-state index contributed by atoms with van der Waals surface area (Å²) in [6.07, 6.45) is -0.387. The van der Waals surface area contributed by atoms with E-state index in [9.17, 15) is 22.8 Å². The first-order valence-electron chi connectivity index (χ1n) is 9.25. The van der Waals surface area contributed by atoms with Gasteiger partial charge in [0.25, 0.3) is 11.8 Å². The van der Waals surface area contributed by atoms with Crippen LogP contribution in [0.3, 0.4) is 0 Å². The number of carbonyl (C=O) groups excluding carboxylic acids is 2. The number of hydrogen-bond acceptors (Lipinski definition) is 6. The van der Waals surface area contributed by atoms with Gasteiger partial charge < -0.3 is 4.74 Å². The smallest absolute Gasteiger partial charge is 0.406 e. The molecule has 160 valence electrons. The number of nitrogens with zero attached hydrogens (tertiary/aromatic N) is 5. The molecule has 0 radical (unpaired) electrons. The molecule has 4 heterocycles. The highest BCUT2D eigenvalue weighted by atomic mass is 19.4. The number of ether oxygens (including phenoxy) is 1. The number of aryl methyl sites for hydroxylation is 1. The quantitative estimate of drug-likeness (QED) is 0.452. The summed E-state index contributed by atoms with van der Waals surface area (Å²) in [5, 5.41) is 4.87. The second-order valence-electron chi connectivity index (χ2n) is 6.94. The van der Waals surface area contributed by atoms with Gasteiger partial charge in [0, 0.05) is 31.2 Å². The van der Waals surface area contributed by atoms with Crippen molar-refractivity contribution in [1.82, 2.24) is 19.7 Å². The van der Waals surface area contributed by atoms with E-state index in [1.807, 2.05) is 0 Å². The van der Waals surface area contributed by atoms with Gasteiger partial charge in [-0.1, -0.05) is 0 Å². The molecule has 11 heteroatoms. The SMILES string of the molecule is Cn1nc(-c2ccncc2)c2c3c(cnc21)C(=O)N(c1ccc(OC(F)(F)F)cc1)C3=O. The first-order chi connectivity index (χ1) is 15.2. The van der Waals surface area contributed by atoms with E-state index >= 15 is 0 Å². The Hall–Kier alpha value is -4.28. The van der Waals surface area contributed by atoms with E-state index in [1.165, 1.54) is 23.0 Å². The number of alkyl halides is 3. The highest BCUT2D eigenvalue weighted by Gasteiger charge is 2.40. The second-order valence-corrected chi connectivity index (χ2v) is 6.94. The summed E-state index contributed by atoms with van der Waals surface area (Å²) in [6.45, 7) is 0. The number of imide groups is 1. The first-order valence-corrected chi connectivity index (χ1v) is 9.25. The Morgan fingerprint density at radius 1 is 0.969 bits per heavy atom. The number of pyridine rings is 2. The van der Waals surface area contributed by atoms with Gasteiger partial charge in [-0.15, -0.1) is 13.2 Å². The molecule has 8 nitrogen and oxygen atoms in total. The molecule has 0 spiro atoms. The van der Waals surface area contributed by atoms with Crippen molar-refractivity contribution in [2.75, 3.05) is 4.90 Å². The van der Waals surface area contributed by atoms with Crippen molar-refractivity contribution in [3.63, 3.8) is 0 Å². The second kappa shape index (κ2) is 6.87. The maximum absolute atomic E-state index is 13.3. The lowest BCUT2D eigenvalue weighted by Gasteiger charge is -2.15. The lowest BCUT2D eigenvalue weighted by atomic mass is 10.0. The standard InChI is InChI=1S/C21H12F3N5O3/c1-28-18-16(17(27-28)11-6-8-25-9-7-11)15-14(10-26-18)19(30)29(20(15)31)12-2-4-13(5-3-12)32-21(22,23)24/h2-10H,1H3. The predicted octanol–water partition coefficient (Wildman–Crippen LogP) is 3.73. The number of aromatic nitrogens is 4. The molecule has 0 aliphatic carbocycles. The van der Waals surface area contributed by atoms with Crippen LogP contribution in [0.1, 0.15) is 20.7 Å². The molecule has 0 saturated heterocycles. The van der Waals surface area contributed by atoms with Crippen molar-refractivity contribution in [1.29, 1.82) is 0 Å². The zero-order valence-electron chi connectivity index (χ0n) is 16.3. The third kappa shape index (κ3) is 3.06. The largest absolute Gasteiger partial charge is 0.573 e. The Morgan fingerprint density at radius 3 is 2.31 bits per heavy atom. The molecule has 1 aliphatic rings. The van der Waals surface area contributed by atoms with Crippen LogP contribution < -0.4 is 9.64 Å². The molecule has 0 unspecified atom stereocenters. The third-order valence-corrected chi connectivity index (χ3v) is 4.98. The fourth-order valence-electron chi connectivity index (χ4n) is 3.67. The maximum atomic E-state index is 13.3. The topological polar surface area (TPSA) is 90.2 Å². The van der Waals surface area contributed by atoms with Gasteiger partial charge in [-0.2, -0.15) is 5.10 Å². The maximum Gasteiger partial charge on any atom is 0.573 e. The van der Waals surface area contributed by atoms with Crippen LogP contribution >= 0.6 is 0 Å². The van der Waals surface area contributed by atoms with E-state index in [4.69, 9.17) is 0 Å². The van der Waals surface area contributed by atoms with E-state index in [0.29, 0.717) is 22.3 Å². The average molecular weight is 439 g/mol. The molecule has 5 rings (SSSR count). The van der Waals surface area contributed by atoms with Gasteiger partial charge in [-0.3, -0.25) is 14.6 Å². The van der Waals surface area contributed by atoms with Crippen molar-refractivity contribution in [3.05, 3.63) is 66.1 Å². The molecule has 0 atom stereocenters. The molecule has 4 aromatic rings. The number of hydrogen-bond donors (Lipinski definition) is 0. The summed E-state index contributed by atoms with van der Waals surface area (Å²) >= 11 is 0. The zero-order chi connectivity index (χ0) is 22.6. The molecule has 0 saturated carbocycles. The first kappa shape index (κ1) is 19.7. The Labute approximate surface area is 177 Å². The fourth-order valence-corrected chi connectivity index (χ4v) is 3.67. The van der Waals surface area contributed by atoms with Gasteiger partial charge in [-0.25, -0.2) is 14.6 Å². The minimum Gasteiger partial charge on any atom is -0.406 e. The lowest BCUT2D eigenvalue weighted by Crippen LogP contribution is -2.29. The van der Waals surface area contributed by atoms with Crippen molar-refractivity contribution < 1.29 is 27.5 Å². The Balaban J connectivity index is 1.62. The monoisotopic (exact) mass is 439 g/mol. The Morgan fingerprint density at radius 2 is 1.66 bits per heavy atom. The highest BCUT2D eigenvalue weighted by molar-refractivity contribution is 6.38. The molecule has 32 heavy (non-hydrogen) atoms. The van der Waals surface area contributed by atoms with Crippen LogP contribution in [-0.4, -0.2) is 37.9 Å². The summed E-state index contributed by atoms with van der Waals surface area (Å²) in [5.74, 6) is -1.72. The number of carbonyl (C=O) groups is 2. The van der Waals surface area contributed by atoms with E-state index in [2.05, 4.69) is 19.8 Å². The Bertz CT molecular complexity index is 1380. The van der Waals surface area contributed by atoms with Crippen LogP contribution in [0.5, 0.6) is 5.75 Å². The number of anilines is 1. The highest BCUT2D eigenvalue weighted by Crippen LogP contribution is 2.37. The summed E-state index contributed by atoms with van der Waals surface area (Å²) in [7, 11) is 1.67. The number of fused-ring (bicyclic) bond motifs is 3. The van der Waals surface area contributed by atoms with E-state index < -0.39 is 23.9 Å². The molecule has 0 N–H and O–H groups in total. The third-order valence-electron chi connectivity index (χ3n) is 4.98. The number of rotatable bonds is 3. The summed E-state index contributed by atoms with van der Waals surface area (Å²) in [4.78, 5) is 35.6.